The van der Waals surface area contributed by atoms with E-state index in [1.165, 1.54) is 5.56 Å². The van der Waals surface area contributed by atoms with Gasteiger partial charge in [-0.25, -0.2) is 0 Å². The van der Waals surface area contributed by atoms with Gasteiger partial charge in [0.05, 0.1) is 12.4 Å². The molecule has 3 nitrogen and oxygen atoms in total. The van der Waals surface area contributed by atoms with E-state index in [1.807, 2.05) is 18.2 Å². The second-order valence-electron chi connectivity index (χ2n) is 3.48. The summed E-state index contributed by atoms with van der Waals surface area (Å²) in [6, 6.07) is 5.73. The van der Waals surface area contributed by atoms with Crippen LogP contribution in [0.4, 0.5) is 5.69 Å². The number of nitrogens with one attached hydrogen (secondary N) is 1. The minimum atomic E-state index is -0.0880. The Morgan fingerprint density at radius 2 is 2.40 bits per heavy atom. The lowest BCUT2D eigenvalue weighted by atomic mass is 10.1. The van der Waals surface area contributed by atoms with Crippen molar-refractivity contribution in [3.8, 4) is 5.75 Å². The van der Waals surface area contributed by atoms with Gasteiger partial charge in [-0.3, -0.25) is 4.79 Å². The molecule has 1 aromatic rings. The van der Waals surface area contributed by atoms with E-state index in [-0.39, 0.29) is 11.7 Å². The smallest absolute Gasteiger partial charge is 0.234 e. The molecule has 0 saturated carbocycles. The van der Waals surface area contributed by atoms with E-state index in [0.29, 0.717) is 0 Å². The van der Waals surface area contributed by atoms with Crippen LogP contribution in [0.5, 0.6) is 5.75 Å². The molecule has 1 heterocycles. The van der Waals surface area contributed by atoms with Gasteiger partial charge in [0, 0.05) is 5.69 Å². The van der Waals surface area contributed by atoms with Crippen molar-refractivity contribution in [3.05, 3.63) is 23.8 Å². The predicted octanol–water partition coefficient (Wildman–Crippen LogP) is 1.88. The summed E-state index contributed by atoms with van der Waals surface area (Å²) < 4.78 is 5.48. The molecule has 80 valence electrons. The normalized spacial score (nSPS) is 13.9. The first-order chi connectivity index (χ1) is 7.29. The highest BCUT2D eigenvalue weighted by Crippen LogP contribution is 2.27. The zero-order chi connectivity index (χ0) is 10.7. The van der Waals surface area contributed by atoms with E-state index in [9.17, 15) is 4.79 Å². The predicted molar refractivity (Wildman–Crippen MR) is 62.7 cm³/mol. The van der Waals surface area contributed by atoms with Gasteiger partial charge in [0.2, 0.25) is 5.91 Å². The maximum Gasteiger partial charge on any atom is 0.234 e. The zero-order valence-electron chi connectivity index (χ0n) is 8.32. The molecule has 0 aromatic heterocycles. The van der Waals surface area contributed by atoms with Crippen LogP contribution in [-0.4, -0.2) is 18.3 Å². The highest BCUT2D eigenvalue weighted by Gasteiger charge is 2.10. The van der Waals surface area contributed by atoms with Crippen LogP contribution in [0.25, 0.3) is 0 Å². The van der Waals surface area contributed by atoms with Gasteiger partial charge in [-0.05, 0) is 36.6 Å². The number of thiol groups is 1. The number of carbonyl (C=O) groups excluding carboxylic acids is 1. The van der Waals surface area contributed by atoms with Crippen molar-refractivity contribution in [1.29, 1.82) is 0 Å². The summed E-state index contributed by atoms with van der Waals surface area (Å²) in [5, 5.41) is 2.77. The first kappa shape index (κ1) is 10.4. The molecular formula is C11H13NO2S. The Balaban J connectivity index is 2.17. The molecular weight excluding hydrogens is 210 g/mol. The summed E-state index contributed by atoms with van der Waals surface area (Å²) in [6.07, 6.45) is 2.05. The Labute approximate surface area is 94.2 Å². The maximum atomic E-state index is 11.1. The summed E-state index contributed by atoms with van der Waals surface area (Å²) in [7, 11) is 0. The first-order valence-electron chi connectivity index (χ1n) is 4.96. The Morgan fingerprint density at radius 3 is 3.20 bits per heavy atom. The van der Waals surface area contributed by atoms with Crippen LogP contribution in [0.1, 0.15) is 12.0 Å². The van der Waals surface area contributed by atoms with Gasteiger partial charge in [0.25, 0.3) is 0 Å². The van der Waals surface area contributed by atoms with Crippen LogP contribution in [0.15, 0.2) is 18.2 Å². The highest BCUT2D eigenvalue weighted by atomic mass is 32.1. The number of carbonyl (C=O) groups is 1. The van der Waals surface area contributed by atoms with E-state index in [1.54, 1.807) is 0 Å². The van der Waals surface area contributed by atoms with Crippen LogP contribution in [0.3, 0.4) is 0 Å². The van der Waals surface area contributed by atoms with Crippen LogP contribution >= 0.6 is 12.6 Å². The van der Waals surface area contributed by atoms with Crippen molar-refractivity contribution in [2.75, 3.05) is 17.7 Å². The Hall–Kier alpha value is -1.16. The molecule has 0 saturated heterocycles. The maximum absolute atomic E-state index is 11.1. The van der Waals surface area contributed by atoms with E-state index in [2.05, 4.69) is 17.9 Å². The van der Waals surface area contributed by atoms with Crippen molar-refractivity contribution in [3.63, 3.8) is 0 Å². The van der Waals surface area contributed by atoms with Crippen molar-refractivity contribution in [1.82, 2.24) is 0 Å². The van der Waals surface area contributed by atoms with Crippen LogP contribution in [0.2, 0.25) is 0 Å². The molecule has 1 aliphatic heterocycles. The zero-order valence-corrected chi connectivity index (χ0v) is 9.22. The standard InChI is InChI=1S/C11H13NO2S/c13-11(7-15)12-9-3-4-10-8(6-9)2-1-5-14-10/h3-4,6,15H,1-2,5,7H2,(H,12,13). The lowest BCUT2D eigenvalue weighted by Crippen LogP contribution is -2.14. The third-order valence-electron chi connectivity index (χ3n) is 2.34. The Bertz CT molecular complexity index is 379. The van der Waals surface area contributed by atoms with Crippen molar-refractivity contribution in [2.45, 2.75) is 12.8 Å². The fourth-order valence-electron chi connectivity index (χ4n) is 1.64. The van der Waals surface area contributed by atoms with Crippen molar-refractivity contribution < 1.29 is 9.53 Å². The Morgan fingerprint density at radius 1 is 1.53 bits per heavy atom. The number of fused-ring (bicyclic) bond motifs is 1. The summed E-state index contributed by atoms with van der Waals surface area (Å²) in [6.45, 7) is 0.787. The van der Waals surface area contributed by atoms with Gasteiger partial charge < -0.3 is 10.1 Å². The topological polar surface area (TPSA) is 38.3 Å². The molecule has 1 N–H and O–H groups in total. The van der Waals surface area contributed by atoms with E-state index >= 15 is 0 Å². The molecule has 0 atom stereocenters. The average Bonchev–Trinajstić information content (AvgIpc) is 2.29. The molecule has 0 aliphatic carbocycles. The molecule has 0 spiro atoms. The molecule has 15 heavy (non-hydrogen) atoms. The quantitative estimate of drug-likeness (QED) is 0.751. The number of hydrogen-bond acceptors (Lipinski definition) is 3. The molecule has 1 aromatic carbocycles. The number of rotatable bonds is 2. The minimum absolute atomic E-state index is 0.0880. The fraction of sp³-hybridized carbons (Fsp3) is 0.364. The second kappa shape index (κ2) is 4.57. The largest absolute Gasteiger partial charge is 0.493 e. The van der Waals surface area contributed by atoms with Crippen molar-refractivity contribution >= 4 is 24.2 Å². The number of anilines is 1. The number of amides is 1. The molecule has 4 heteroatoms. The van der Waals surface area contributed by atoms with Gasteiger partial charge in [-0.15, -0.1) is 0 Å². The molecule has 0 radical (unpaired) electrons. The average molecular weight is 223 g/mol. The van der Waals surface area contributed by atoms with Gasteiger partial charge in [0.15, 0.2) is 0 Å². The monoisotopic (exact) mass is 223 g/mol. The van der Waals surface area contributed by atoms with Crippen LogP contribution < -0.4 is 10.1 Å². The fourth-order valence-corrected chi connectivity index (χ4v) is 1.72. The Kier molecular flexibility index (Phi) is 3.16. The third-order valence-corrected chi connectivity index (χ3v) is 2.62. The SMILES string of the molecule is O=C(CS)Nc1ccc2c(c1)CCCO2. The van der Waals surface area contributed by atoms with E-state index in [0.717, 1.165) is 30.9 Å². The van der Waals surface area contributed by atoms with Gasteiger partial charge in [-0.1, -0.05) is 0 Å². The third kappa shape index (κ3) is 2.45. The molecule has 2 rings (SSSR count). The molecule has 1 amide bonds. The lowest BCUT2D eigenvalue weighted by Gasteiger charge is -2.17. The number of aryl methyl sites for hydroxylation is 1. The number of ether oxygens (including phenoxy) is 1. The minimum Gasteiger partial charge on any atom is -0.493 e. The summed E-state index contributed by atoms with van der Waals surface area (Å²) in [5.41, 5.74) is 1.98. The summed E-state index contributed by atoms with van der Waals surface area (Å²) >= 11 is 3.91. The number of hydrogen-bond donors (Lipinski definition) is 2. The van der Waals surface area contributed by atoms with E-state index in [4.69, 9.17) is 4.74 Å². The highest BCUT2D eigenvalue weighted by molar-refractivity contribution is 7.81. The van der Waals surface area contributed by atoms with Crippen LogP contribution in [0, 0.1) is 0 Å². The molecule has 0 unspecified atom stereocenters. The van der Waals surface area contributed by atoms with E-state index < -0.39 is 0 Å². The molecule has 1 aliphatic rings. The van der Waals surface area contributed by atoms with Gasteiger partial charge in [0.1, 0.15) is 5.75 Å². The first-order valence-corrected chi connectivity index (χ1v) is 5.59. The van der Waals surface area contributed by atoms with Gasteiger partial charge >= 0.3 is 0 Å². The van der Waals surface area contributed by atoms with Crippen molar-refractivity contribution in [2.24, 2.45) is 0 Å². The lowest BCUT2D eigenvalue weighted by molar-refractivity contribution is -0.113. The molecule has 0 bridgehead atoms. The summed E-state index contributed by atoms with van der Waals surface area (Å²) in [5.74, 6) is 1.05. The molecule has 0 fully saturated rings. The second-order valence-corrected chi connectivity index (χ2v) is 3.80. The van der Waals surface area contributed by atoms with Gasteiger partial charge in [-0.2, -0.15) is 12.6 Å². The van der Waals surface area contributed by atoms with Crippen LogP contribution in [-0.2, 0) is 11.2 Å². The summed E-state index contributed by atoms with van der Waals surface area (Å²) in [4.78, 5) is 11.1. The number of benzene rings is 1.